The number of rotatable bonds is 5. The number of aromatic hydroxyl groups is 2. The lowest BCUT2D eigenvalue weighted by Gasteiger charge is -2.36. The van der Waals surface area contributed by atoms with Crippen LogP contribution in [0.5, 0.6) is 11.5 Å². The molecule has 0 amide bonds. The lowest BCUT2D eigenvalue weighted by atomic mass is 10.1. The van der Waals surface area contributed by atoms with Gasteiger partial charge in [0, 0.05) is 44.4 Å². The number of piperazine rings is 1. The van der Waals surface area contributed by atoms with Gasteiger partial charge in [-0.3, -0.25) is 10.00 Å². The van der Waals surface area contributed by atoms with Crippen molar-refractivity contribution in [3.63, 3.8) is 0 Å². The lowest BCUT2D eigenvalue weighted by molar-refractivity contribution is 0.250. The molecule has 0 atom stereocenters. The Labute approximate surface area is 193 Å². The van der Waals surface area contributed by atoms with E-state index >= 15 is 0 Å². The predicted molar refractivity (Wildman–Crippen MR) is 125 cm³/mol. The van der Waals surface area contributed by atoms with Crippen LogP contribution < -0.4 is 4.90 Å². The molecule has 1 aliphatic rings. The summed E-state index contributed by atoms with van der Waals surface area (Å²) >= 11 is 7.45. The molecule has 4 aromatic rings. The fraction of sp³-hybridized carbons (Fsp3) is 0.227. The Balaban J connectivity index is 1.24. The van der Waals surface area contributed by atoms with E-state index in [1.54, 1.807) is 18.5 Å². The normalized spacial score (nSPS) is 14.7. The molecule has 0 bridgehead atoms. The predicted octanol–water partition coefficient (Wildman–Crippen LogP) is 3.98. The van der Waals surface area contributed by atoms with Gasteiger partial charge in [-0.05, 0) is 28.7 Å². The molecule has 1 saturated heterocycles. The number of halogens is 1. The molecule has 8 nitrogen and oxygen atoms in total. The number of nitrogens with one attached hydrogen (secondary N) is 1. The monoisotopic (exact) mass is 468 g/mol. The molecule has 3 heterocycles. The van der Waals surface area contributed by atoms with E-state index in [2.05, 4.69) is 53.8 Å². The van der Waals surface area contributed by atoms with Gasteiger partial charge in [0.25, 0.3) is 0 Å². The van der Waals surface area contributed by atoms with Crippen molar-refractivity contribution in [2.45, 2.75) is 6.54 Å². The zero-order valence-electron chi connectivity index (χ0n) is 17.1. The van der Waals surface area contributed by atoms with Crippen LogP contribution in [0.3, 0.4) is 0 Å². The fourth-order valence-electron chi connectivity index (χ4n) is 3.94. The first-order valence-electron chi connectivity index (χ1n) is 10.2. The van der Waals surface area contributed by atoms with E-state index in [0.717, 1.165) is 48.9 Å². The first-order valence-corrected chi connectivity index (χ1v) is 11.3. The molecule has 0 spiro atoms. The standard InChI is InChI=1S/C22H21ClN6O2S/c23-17-9-16(19(30)10-20(17)31)22-18(11-24-26-22)29-7-5-28(6-8-29)13-14-1-3-15(4-2-14)21-12-25-27-32-21/h1-4,9-12,30-31H,5-8,13H2,(H,24,26). The van der Waals surface area contributed by atoms with Crippen LogP contribution in [-0.4, -0.2) is 61.1 Å². The van der Waals surface area contributed by atoms with Gasteiger partial charge < -0.3 is 15.1 Å². The van der Waals surface area contributed by atoms with Crippen molar-refractivity contribution in [3.8, 4) is 33.2 Å². The Morgan fingerprint density at radius 1 is 1.00 bits per heavy atom. The molecule has 0 saturated carbocycles. The Hall–Kier alpha value is -3.14. The minimum Gasteiger partial charge on any atom is -0.507 e. The van der Waals surface area contributed by atoms with E-state index in [4.69, 9.17) is 11.6 Å². The molecule has 3 N–H and O–H groups in total. The molecule has 32 heavy (non-hydrogen) atoms. The molecule has 2 aromatic carbocycles. The summed E-state index contributed by atoms with van der Waals surface area (Å²) in [5.41, 5.74) is 4.51. The van der Waals surface area contributed by atoms with Crippen LogP contribution in [0.4, 0.5) is 5.69 Å². The zero-order valence-corrected chi connectivity index (χ0v) is 18.6. The van der Waals surface area contributed by atoms with Crippen molar-refractivity contribution in [2.75, 3.05) is 31.1 Å². The third kappa shape index (κ3) is 4.14. The van der Waals surface area contributed by atoms with Crippen molar-refractivity contribution in [3.05, 3.63) is 59.4 Å². The van der Waals surface area contributed by atoms with Gasteiger partial charge in [0.2, 0.25) is 0 Å². The Morgan fingerprint density at radius 3 is 2.50 bits per heavy atom. The Bertz CT molecular complexity index is 1200. The van der Waals surface area contributed by atoms with Gasteiger partial charge in [-0.25, -0.2) is 0 Å². The maximum atomic E-state index is 10.3. The number of benzene rings is 2. The average molecular weight is 469 g/mol. The summed E-state index contributed by atoms with van der Waals surface area (Å²) in [6, 6.07) is 11.4. The molecular formula is C22H21ClN6O2S. The number of H-pyrrole nitrogens is 1. The molecule has 164 valence electrons. The summed E-state index contributed by atoms with van der Waals surface area (Å²) in [7, 11) is 0. The van der Waals surface area contributed by atoms with Crippen LogP contribution in [-0.2, 0) is 6.54 Å². The number of phenols is 2. The first-order chi connectivity index (χ1) is 15.6. The molecule has 0 radical (unpaired) electrons. The Morgan fingerprint density at radius 2 is 1.78 bits per heavy atom. The van der Waals surface area contributed by atoms with Crippen molar-refractivity contribution in [1.29, 1.82) is 0 Å². The maximum absolute atomic E-state index is 10.3. The third-order valence-electron chi connectivity index (χ3n) is 5.67. The summed E-state index contributed by atoms with van der Waals surface area (Å²) in [4.78, 5) is 5.74. The van der Waals surface area contributed by atoms with Crippen molar-refractivity contribution < 1.29 is 10.2 Å². The number of phenolic OH excluding ortho intramolecular Hbond substituents is 2. The highest BCUT2D eigenvalue weighted by Crippen LogP contribution is 2.40. The topological polar surface area (TPSA) is 101 Å². The number of aromatic nitrogens is 4. The minimum absolute atomic E-state index is 0.0476. The van der Waals surface area contributed by atoms with Crippen molar-refractivity contribution in [2.24, 2.45) is 0 Å². The zero-order chi connectivity index (χ0) is 22.1. The molecule has 1 fully saturated rings. The van der Waals surface area contributed by atoms with E-state index in [1.807, 2.05) is 0 Å². The second kappa shape index (κ2) is 8.78. The number of nitrogens with zero attached hydrogens (tertiary/aromatic N) is 5. The highest BCUT2D eigenvalue weighted by Gasteiger charge is 2.23. The number of anilines is 1. The Kier molecular flexibility index (Phi) is 5.69. The second-order valence-corrected chi connectivity index (χ2v) is 8.89. The lowest BCUT2D eigenvalue weighted by Crippen LogP contribution is -2.46. The molecular weight excluding hydrogens is 448 g/mol. The van der Waals surface area contributed by atoms with E-state index in [1.165, 1.54) is 23.2 Å². The van der Waals surface area contributed by atoms with Gasteiger partial charge in [-0.15, -0.1) is 5.10 Å². The quantitative estimate of drug-likeness (QED) is 0.407. The van der Waals surface area contributed by atoms with Gasteiger partial charge in [0.15, 0.2) is 0 Å². The van der Waals surface area contributed by atoms with Crippen LogP contribution in [0, 0.1) is 0 Å². The van der Waals surface area contributed by atoms with E-state index in [0.29, 0.717) is 11.3 Å². The summed E-state index contributed by atoms with van der Waals surface area (Å²) in [6.45, 7) is 4.38. The summed E-state index contributed by atoms with van der Waals surface area (Å²) in [6.07, 6.45) is 3.55. The summed E-state index contributed by atoms with van der Waals surface area (Å²) in [5, 5.41) is 31.2. The molecule has 10 heteroatoms. The molecule has 2 aromatic heterocycles. The van der Waals surface area contributed by atoms with E-state index in [-0.39, 0.29) is 16.5 Å². The first kappa shape index (κ1) is 20.7. The minimum atomic E-state index is -0.153. The van der Waals surface area contributed by atoms with Gasteiger partial charge in [0.1, 0.15) is 11.5 Å². The number of hydrogen-bond donors (Lipinski definition) is 3. The summed E-state index contributed by atoms with van der Waals surface area (Å²) < 4.78 is 3.92. The van der Waals surface area contributed by atoms with Crippen LogP contribution in [0.25, 0.3) is 21.7 Å². The third-order valence-corrected chi connectivity index (χ3v) is 6.69. The van der Waals surface area contributed by atoms with E-state index in [9.17, 15) is 10.2 Å². The highest BCUT2D eigenvalue weighted by atomic mass is 35.5. The number of hydrogen-bond acceptors (Lipinski definition) is 8. The van der Waals surface area contributed by atoms with Gasteiger partial charge in [-0.1, -0.05) is 40.4 Å². The van der Waals surface area contributed by atoms with Crippen molar-refractivity contribution in [1.82, 2.24) is 24.7 Å². The number of aromatic amines is 1. The SMILES string of the molecule is Oc1cc(O)c(-c2[nH]ncc2N2CCN(Cc3ccc(-c4cnns4)cc3)CC2)cc1Cl. The maximum Gasteiger partial charge on any atom is 0.137 e. The largest absolute Gasteiger partial charge is 0.507 e. The van der Waals surface area contributed by atoms with Crippen molar-refractivity contribution >= 4 is 28.8 Å². The van der Waals surface area contributed by atoms with Gasteiger partial charge in [0.05, 0.1) is 33.7 Å². The smallest absolute Gasteiger partial charge is 0.137 e. The highest BCUT2D eigenvalue weighted by molar-refractivity contribution is 7.09. The molecule has 0 aliphatic carbocycles. The van der Waals surface area contributed by atoms with Gasteiger partial charge >= 0.3 is 0 Å². The average Bonchev–Trinajstić information content (AvgIpc) is 3.50. The second-order valence-electron chi connectivity index (χ2n) is 7.69. The van der Waals surface area contributed by atoms with E-state index < -0.39 is 0 Å². The molecule has 5 rings (SSSR count). The fourth-order valence-corrected chi connectivity index (χ4v) is 4.62. The molecule has 1 aliphatic heterocycles. The molecule has 0 unspecified atom stereocenters. The van der Waals surface area contributed by atoms with Crippen LogP contribution >= 0.6 is 23.1 Å². The van der Waals surface area contributed by atoms with Gasteiger partial charge in [-0.2, -0.15) is 5.10 Å². The van der Waals surface area contributed by atoms with Crippen LogP contribution in [0.1, 0.15) is 5.56 Å². The van der Waals surface area contributed by atoms with Crippen LogP contribution in [0.2, 0.25) is 5.02 Å². The van der Waals surface area contributed by atoms with Crippen LogP contribution in [0.15, 0.2) is 48.8 Å². The summed E-state index contributed by atoms with van der Waals surface area (Å²) in [5.74, 6) is -0.201.